The van der Waals surface area contributed by atoms with E-state index in [0.717, 1.165) is 12.5 Å². The molecule has 0 rings (SSSR count). The standard InChI is InChI=1S/C10H24N2O4Si/c1-5-8-17(14-6-2,15-7-3)16-9(4)12-10(11)13/h9H,5-8H2,1-4H3,(H3,11,12,13). The fourth-order valence-electron chi connectivity index (χ4n) is 1.56. The topological polar surface area (TPSA) is 82.8 Å². The van der Waals surface area contributed by atoms with Crippen molar-refractivity contribution < 1.29 is 18.1 Å². The van der Waals surface area contributed by atoms with Crippen molar-refractivity contribution in [2.75, 3.05) is 13.2 Å². The highest BCUT2D eigenvalue weighted by atomic mass is 28.4. The molecule has 102 valence electrons. The summed E-state index contributed by atoms with van der Waals surface area (Å²) in [6, 6.07) is 0.101. The van der Waals surface area contributed by atoms with E-state index in [2.05, 4.69) is 5.32 Å². The van der Waals surface area contributed by atoms with Gasteiger partial charge in [-0.3, -0.25) is 0 Å². The minimum absolute atomic E-state index is 0.510. The molecule has 0 aromatic heterocycles. The van der Waals surface area contributed by atoms with E-state index >= 15 is 0 Å². The number of carbonyl (C=O) groups excluding carboxylic acids is 1. The molecule has 0 spiro atoms. The van der Waals surface area contributed by atoms with E-state index in [4.69, 9.17) is 19.0 Å². The first-order valence-corrected chi connectivity index (χ1v) is 7.94. The van der Waals surface area contributed by atoms with Crippen LogP contribution in [0.25, 0.3) is 0 Å². The second-order valence-corrected chi connectivity index (χ2v) is 6.25. The van der Waals surface area contributed by atoms with E-state index in [1.807, 2.05) is 20.8 Å². The van der Waals surface area contributed by atoms with Crippen molar-refractivity contribution >= 4 is 14.8 Å². The molecule has 1 atom stereocenters. The fraction of sp³-hybridized carbons (Fsp3) is 0.900. The van der Waals surface area contributed by atoms with Gasteiger partial charge in [-0.2, -0.15) is 0 Å². The number of primary amides is 1. The molecule has 0 radical (unpaired) electrons. The molecule has 0 aliphatic carbocycles. The van der Waals surface area contributed by atoms with Gasteiger partial charge in [-0.25, -0.2) is 4.79 Å². The van der Waals surface area contributed by atoms with Gasteiger partial charge in [0.2, 0.25) is 0 Å². The van der Waals surface area contributed by atoms with Gasteiger partial charge in [0.25, 0.3) is 0 Å². The third-order valence-corrected chi connectivity index (χ3v) is 5.27. The Morgan fingerprint density at radius 3 is 2.18 bits per heavy atom. The Bertz CT molecular complexity index is 211. The van der Waals surface area contributed by atoms with Crippen molar-refractivity contribution in [3.8, 4) is 0 Å². The third kappa shape index (κ3) is 6.62. The first kappa shape index (κ1) is 16.4. The predicted octanol–water partition coefficient (Wildman–Crippen LogP) is 1.44. The molecule has 0 aliphatic heterocycles. The highest BCUT2D eigenvalue weighted by Crippen LogP contribution is 2.19. The number of carbonyl (C=O) groups is 1. The molecule has 0 saturated heterocycles. The average molecular weight is 264 g/mol. The quantitative estimate of drug-likeness (QED) is 0.487. The van der Waals surface area contributed by atoms with Crippen LogP contribution in [0.1, 0.15) is 34.1 Å². The van der Waals surface area contributed by atoms with Gasteiger partial charge >= 0.3 is 14.8 Å². The molecule has 7 heteroatoms. The van der Waals surface area contributed by atoms with Crippen LogP contribution in [-0.2, 0) is 13.3 Å². The molecule has 0 heterocycles. The lowest BCUT2D eigenvalue weighted by Crippen LogP contribution is -2.52. The van der Waals surface area contributed by atoms with Crippen molar-refractivity contribution in [3.05, 3.63) is 0 Å². The Hall–Kier alpha value is -0.633. The third-order valence-electron chi connectivity index (χ3n) is 1.99. The van der Waals surface area contributed by atoms with Crippen LogP contribution in [0.15, 0.2) is 0 Å². The largest absolute Gasteiger partial charge is 0.502 e. The summed E-state index contributed by atoms with van der Waals surface area (Å²) in [6.07, 6.45) is 0.388. The molecule has 0 saturated carbocycles. The maximum atomic E-state index is 10.7. The molecule has 3 N–H and O–H groups in total. The number of amides is 2. The van der Waals surface area contributed by atoms with Gasteiger partial charge in [0.05, 0.1) is 0 Å². The van der Waals surface area contributed by atoms with Crippen LogP contribution in [0, 0.1) is 0 Å². The van der Waals surface area contributed by atoms with Gasteiger partial charge in [0, 0.05) is 19.3 Å². The van der Waals surface area contributed by atoms with E-state index in [1.165, 1.54) is 0 Å². The second kappa shape index (κ2) is 8.46. The van der Waals surface area contributed by atoms with Crippen LogP contribution in [0.3, 0.4) is 0 Å². The van der Waals surface area contributed by atoms with Gasteiger partial charge in [-0.05, 0) is 20.8 Å². The summed E-state index contributed by atoms with van der Waals surface area (Å²) >= 11 is 0. The van der Waals surface area contributed by atoms with Crippen LogP contribution in [0.5, 0.6) is 0 Å². The number of rotatable bonds is 9. The smallest absolute Gasteiger partial charge is 0.374 e. The molecule has 0 fully saturated rings. The molecular formula is C10H24N2O4Si. The maximum absolute atomic E-state index is 10.7. The zero-order valence-corrected chi connectivity index (χ0v) is 12.1. The first-order chi connectivity index (χ1) is 7.99. The summed E-state index contributed by atoms with van der Waals surface area (Å²) in [5, 5.41) is 2.46. The number of nitrogens with two attached hydrogens (primary N) is 1. The highest BCUT2D eigenvalue weighted by Gasteiger charge is 2.41. The number of nitrogens with one attached hydrogen (secondary N) is 1. The molecule has 0 aromatic rings. The predicted molar refractivity (Wildman–Crippen MR) is 67.4 cm³/mol. The lowest BCUT2D eigenvalue weighted by atomic mass is 10.6. The Morgan fingerprint density at radius 2 is 1.82 bits per heavy atom. The fourth-order valence-corrected chi connectivity index (χ4v) is 4.27. The molecule has 17 heavy (non-hydrogen) atoms. The lowest BCUT2D eigenvalue weighted by molar-refractivity contribution is 0.0311. The van der Waals surface area contributed by atoms with Gasteiger partial charge in [-0.1, -0.05) is 13.3 Å². The molecular weight excluding hydrogens is 240 g/mol. The molecule has 2 amide bonds. The number of hydrogen-bond donors (Lipinski definition) is 2. The normalized spacial score (nSPS) is 13.4. The van der Waals surface area contributed by atoms with E-state index < -0.39 is 21.1 Å². The van der Waals surface area contributed by atoms with E-state index in [-0.39, 0.29) is 0 Å². The van der Waals surface area contributed by atoms with Crippen LogP contribution in [0.4, 0.5) is 4.79 Å². The SMILES string of the molecule is CCC[Si](OCC)(OCC)OC(C)NC(N)=O. The Kier molecular flexibility index (Phi) is 8.14. The minimum Gasteiger partial charge on any atom is -0.374 e. The summed E-state index contributed by atoms with van der Waals surface area (Å²) in [5.74, 6) is 0. The summed E-state index contributed by atoms with van der Waals surface area (Å²) in [7, 11) is -2.70. The van der Waals surface area contributed by atoms with Gasteiger partial charge in [0.1, 0.15) is 6.23 Å². The Balaban J connectivity index is 4.56. The van der Waals surface area contributed by atoms with Crippen LogP contribution in [0.2, 0.25) is 6.04 Å². The van der Waals surface area contributed by atoms with Crippen LogP contribution >= 0.6 is 0 Å². The van der Waals surface area contributed by atoms with Crippen molar-refractivity contribution in [2.45, 2.75) is 46.4 Å². The maximum Gasteiger partial charge on any atom is 0.502 e. The molecule has 0 bridgehead atoms. The minimum atomic E-state index is -2.70. The number of urea groups is 1. The van der Waals surface area contributed by atoms with Gasteiger partial charge < -0.3 is 24.3 Å². The number of hydrogen-bond acceptors (Lipinski definition) is 4. The van der Waals surface area contributed by atoms with E-state index in [1.54, 1.807) is 6.92 Å². The molecule has 0 aromatic carbocycles. The van der Waals surface area contributed by atoms with Crippen LogP contribution in [-0.4, -0.2) is 34.3 Å². The van der Waals surface area contributed by atoms with Crippen molar-refractivity contribution in [1.29, 1.82) is 0 Å². The van der Waals surface area contributed by atoms with Crippen molar-refractivity contribution in [1.82, 2.24) is 5.32 Å². The first-order valence-electron chi connectivity index (χ1n) is 6.01. The summed E-state index contributed by atoms with van der Waals surface area (Å²) in [5.41, 5.74) is 5.04. The summed E-state index contributed by atoms with van der Waals surface area (Å²) < 4.78 is 17.1. The van der Waals surface area contributed by atoms with Gasteiger partial charge in [-0.15, -0.1) is 0 Å². The van der Waals surface area contributed by atoms with Crippen molar-refractivity contribution in [3.63, 3.8) is 0 Å². The average Bonchev–Trinajstić information content (AvgIpc) is 2.16. The summed E-state index contributed by atoms with van der Waals surface area (Å²) in [4.78, 5) is 10.7. The van der Waals surface area contributed by atoms with Crippen molar-refractivity contribution in [2.24, 2.45) is 5.73 Å². The lowest BCUT2D eigenvalue weighted by Gasteiger charge is -2.31. The highest BCUT2D eigenvalue weighted by molar-refractivity contribution is 6.60. The molecule has 6 nitrogen and oxygen atoms in total. The second-order valence-electron chi connectivity index (χ2n) is 3.57. The summed E-state index contributed by atoms with van der Waals surface area (Å²) in [6.45, 7) is 8.58. The van der Waals surface area contributed by atoms with Crippen LogP contribution < -0.4 is 11.1 Å². The Morgan fingerprint density at radius 1 is 1.29 bits per heavy atom. The van der Waals surface area contributed by atoms with E-state index in [9.17, 15) is 4.79 Å². The zero-order chi connectivity index (χ0) is 13.3. The Labute approximate surface area is 104 Å². The van der Waals surface area contributed by atoms with Gasteiger partial charge in [0.15, 0.2) is 0 Å². The molecule has 1 unspecified atom stereocenters. The monoisotopic (exact) mass is 264 g/mol. The molecule has 0 aliphatic rings. The zero-order valence-electron chi connectivity index (χ0n) is 11.1. The van der Waals surface area contributed by atoms with E-state index in [0.29, 0.717) is 13.2 Å².